The third-order valence-corrected chi connectivity index (χ3v) is 2.29. The van der Waals surface area contributed by atoms with Gasteiger partial charge in [0.1, 0.15) is 5.65 Å². The van der Waals surface area contributed by atoms with Crippen LogP contribution in [0.1, 0.15) is 11.3 Å². The quantitative estimate of drug-likeness (QED) is 0.902. The number of hydrogen-bond acceptors (Lipinski definition) is 2. The van der Waals surface area contributed by atoms with Gasteiger partial charge in [0.05, 0.1) is 17.1 Å². The molecule has 0 aliphatic rings. The number of carbonyl (C=O) groups is 1. The van der Waals surface area contributed by atoms with E-state index in [0.29, 0.717) is 10.7 Å². The van der Waals surface area contributed by atoms with Gasteiger partial charge in [-0.25, -0.2) is 4.98 Å². The molecule has 0 saturated carbocycles. The largest absolute Gasteiger partial charge is 0.481 e. The number of aryl methyl sites for hydroxylation is 1. The Morgan fingerprint density at radius 2 is 2.25 bits per heavy atom. The Morgan fingerprint density at radius 3 is 2.88 bits per heavy atom. The van der Waals surface area contributed by atoms with Gasteiger partial charge in [-0.2, -0.15) is 0 Å². The molecule has 16 heavy (non-hydrogen) atoms. The lowest BCUT2D eigenvalue weighted by Gasteiger charge is -1.97. The van der Waals surface area contributed by atoms with Crippen molar-refractivity contribution in [1.82, 2.24) is 9.38 Å². The van der Waals surface area contributed by atoms with Crippen LogP contribution in [0.25, 0.3) is 5.65 Å². The predicted molar refractivity (Wildman–Crippen MR) is 63.5 cm³/mol. The molecule has 0 bridgehead atoms. The number of aliphatic carboxylic acids is 1. The molecule has 0 unspecified atom stereocenters. The zero-order valence-electron chi connectivity index (χ0n) is 8.48. The van der Waals surface area contributed by atoms with Gasteiger partial charge in [-0.15, -0.1) is 12.4 Å². The Morgan fingerprint density at radius 1 is 1.56 bits per heavy atom. The molecule has 0 amide bonds. The molecular formula is C10H10Cl2N2O2. The van der Waals surface area contributed by atoms with Crippen molar-refractivity contribution in [3.63, 3.8) is 0 Å². The van der Waals surface area contributed by atoms with E-state index in [1.165, 1.54) is 0 Å². The third-order valence-electron chi connectivity index (χ3n) is 2.08. The van der Waals surface area contributed by atoms with Crippen LogP contribution in [-0.2, 0) is 11.2 Å². The lowest BCUT2D eigenvalue weighted by Crippen LogP contribution is -1.99. The topological polar surface area (TPSA) is 54.6 Å². The maximum absolute atomic E-state index is 10.5. The molecular weight excluding hydrogens is 251 g/mol. The van der Waals surface area contributed by atoms with Gasteiger partial charge < -0.3 is 9.51 Å². The number of fused-ring (bicyclic) bond motifs is 1. The maximum Gasteiger partial charge on any atom is 0.309 e. The fourth-order valence-electron chi connectivity index (χ4n) is 1.52. The Bertz CT molecular complexity index is 537. The molecule has 0 radical (unpaired) electrons. The second-order valence-electron chi connectivity index (χ2n) is 3.37. The molecule has 6 heteroatoms. The van der Waals surface area contributed by atoms with Gasteiger partial charge in [0, 0.05) is 12.4 Å². The van der Waals surface area contributed by atoms with Crippen molar-refractivity contribution in [3.8, 4) is 0 Å². The van der Waals surface area contributed by atoms with Gasteiger partial charge in [0.15, 0.2) is 0 Å². The molecule has 86 valence electrons. The normalized spacial score (nSPS) is 10.1. The zero-order chi connectivity index (χ0) is 11.0. The fourth-order valence-corrected chi connectivity index (χ4v) is 1.78. The number of nitrogens with zero attached hydrogens (tertiary/aromatic N) is 2. The number of carboxylic acids is 1. The van der Waals surface area contributed by atoms with Gasteiger partial charge in [0.25, 0.3) is 0 Å². The van der Waals surface area contributed by atoms with E-state index < -0.39 is 5.97 Å². The second-order valence-corrected chi connectivity index (χ2v) is 3.81. The smallest absolute Gasteiger partial charge is 0.309 e. The Kier molecular flexibility index (Phi) is 3.78. The second kappa shape index (κ2) is 4.72. The first-order valence-corrected chi connectivity index (χ1v) is 4.79. The first-order chi connectivity index (χ1) is 7.06. The minimum atomic E-state index is -0.887. The summed E-state index contributed by atoms with van der Waals surface area (Å²) in [4.78, 5) is 14.7. The molecule has 0 aliphatic carbocycles. The van der Waals surface area contributed by atoms with Crippen molar-refractivity contribution in [2.45, 2.75) is 13.3 Å². The summed E-state index contributed by atoms with van der Waals surface area (Å²) in [6, 6.07) is 1.80. The molecule has 2 heterocycles. The molecule has 0 aliphatic heterocycles. The standard InChI is InChI=1S/C10H9ClN2O2.ClH/c1-6-2-7(11)4-13-5-8(3-9(14)15)12-10(6)13;/h2,4-5H,3H2,1H3,(H,14,15);1H. The molecule has 0 atom stereocenters. The number of carboxylic acid groups (broad SMARTS) is 1. The van der Waals surface area contributed by atoms with E-state index in [-0.39, 0.29) is 18.8 Å². The van der Waals surface area contributed by atoms with Crippen molar-refractivity contribution >= 4 is 35.6 Å². The molecule has 0 aromatic carbocycles. The molecule has 0 fully saturated rings. The summed E-state index contributed by atoms with van der Waals surface area (Å²) in [7, 11) is 0. The van der Waals surface area contributed by atoms with Gasteiger partial charge >= 0.3 is 5.97 Å². The van der Waals surface area contributed by atoms with Crippen molar-refractivity contribution < 1.29 is 9.90 Å². The lowest BCUT2D eigenvalue weighted by molar-refractivity contribution is -0.136. The summed E-state index contributed by atoms with van der Waals surface area (Å²) in [5.41, 5.74) is 2.21. The predicted octanol–water partition coefficient (Wildman–Crippen LogP) is 2.35. The maximum atomic E-state index is 10.5. The third kappa shape index (κ3) is 2.46. The van der Waals surface area contributed by atoms with Crippen molar-refractivity contribution in [2.24, 2.45) is 0 Å². The lowest BCUT2D eigenvalue weighted by atomic mass is 10.3. The van der Waals surface area contributed by atoms with Crippen LogP contribution in [0.4, 0.5) is 0 Å². The Labute approximate surface area is 103 Å². The van der Waals surface area contributed by atoms with Crippen LogP contribution in [0.5, 0.6) is 0 Å². The van der Waals surface area contributed by atoms with Gasteiger partial charge in [0.2, 0.25) is 0 Å². The molecule has 2 rings (SSSR count). The first kappa shape index (κ1) is 12.8. The summed E-state index contributed by atoms with van der Waals surface area (Å²) >= 11 is 5.87. The highest BCUT2D eigenvalue weighted by atomic mass is 35.5. The van der Waals surface area contributed by atoms with Crippen LogP contribution < -0.4 is 0 Å². The average Bonchev–Trinajstić information content (AvgIpc) is 2.45. The molecule has 0 spiro atoms. The Balaban J connectivity index is 0.00000128. The highest BCUT2D eigenvalue weighted by Gasteiger charge is 2.08. The van der Waals surface area contributed by atoms with Crippen LogP contribution in [0.2, 0.25) is 5.02 Å². The van der Waals surface area contributed by atoms with E-state index in [1.807, 2.05) is 6.92 Å². The van der Waals surface area contributed by atoms with E-state index in [9.17, 15) is 4.79 Å². The highest BCUT2D eigenvalue weighted by molar-refractivity contribution is 6.30. The van der Waals surface area contributed by atoms with Gasteiger partial charge in [-0.1, -0.05) is 11.6 Å². The molecule has 2 aromatic rings. The van der Waals surface area contributed by atoms with E-state index in [1.54, 1.807) is 22.9 Å². The molecule has 0 saturated heterocycles. The molecule has 4 nitrogen and oxygen atoms in total. The van der Waals surface area contributed by atoms with Gasteiger partial charge in [-0.3, -0.25) is 4.79 Å². The first-order valence-electron chi connectivity index (χ1n) is 4.42. The SMILES string of the molecule is Cc1cc(Cl)cn2cc(CC(=O)O)nc12.Cl. The molecule has 2 aromatic heterocycles. The monoisotopic (exact) mass is 260 g/mol. The van der Waals surface area contributed by atoms with Crippen LogP contribution in [0.15, 0.2) is 18.5 Å². The fraction of sp³-hybridized carbons (Fsp3) is 0.200. The summed E-state index contributed by atoms with van der Waals surface area (Å²) in [5, 5.41) is 9.25. The summed E-state index contributed by atoms with van der Waals surface area (Å²) < 4.78 is 1.75. The zero-order valence-corrected chi connectivity index (χ0v) is 10.0. The minimum absolute atomic E-state index is 0. The number of imidazole rings is 1. The van der Waals surface area contributed by atoms with E-state index in [4.69, 9.17) is 16.7 Å². The van der Waals surface area contributed by atoms with Crippen molar-refractivity contribution in [1.29, 1.82) is 0 Å². The van der Waals surface area contributed by atoms with E-state index in [2.05, 4.69) is 4.98 Å². The highest BCUT2D eigenvalue weighted by Crippen LogP contribution is 2.16. The number of rotatable bonds is 2. The van der Waals surface area contributed by atoms with E-state index >= 15 is 0 Å². The average molecular weight is 261 g/mol. The number of aromatic nitrogens is 2. The summed E-state index contributed by atoms with van der Waals surface area (Å²) in [6.45, 7) is 1.89. The van der Waals surface area contributed by atoms with Crippen LogP contribution in [0.3, 0.4) is 0 Å². The number of halogens is 2. The van der Waals surface area contributed by atoms with Crippen molar-refractivity contribution in [2.75, 3.05) is 0 Å². The van der Waals surface area contributed by atoms with Crippen molar-refractivity contribution in [3.05, 3.63) is 34.7 Å². The number of pyridine rings is 1. The summed E-state index contributed by atoms with van der Waals surface area (Å²) in [5.74, 6) is -0.887. The van der Waals surface area contributed by atoms with Crippen LogP contribution in [-0.4, -0.2) is 20.5 Å². The van der Waals surface area contributed by atoms with Gasteiger partial charge in [-0.05, 0) is 18.6 Å². The molecule has 1 N–H and O–H groups in total. The van der Waals surface area contributed by atoms with Crippen LogP contribution in [0, 0.1) is 6.92 Å². The van der Waals surface area contributed by atoms with E-state index in [0.717, 1.165) is 11.2 Å². The Hall–Kier alpha value is -1.26. The van der Waals surface area contributed by atoms with Crippen LogP contribution >= 0.6 is 24.0 Å². The number of hydrogen-bond donors (Lipinski definition) is 1. The summed E-state index contributed by atoms with van der Waals surface area (Å²) in [6.07, 6.45) is 3.32. The minimum Gasteiger partial charge on any atom is -0.481 e.